The molecule has 0 unspecified atom stereocenters. The summed E-state index contributed by atoms with van der Waals surface area (Å²) in [5.41, 5.74) is 1.28. The van der Waals surface area contributed by atoms with E-state index in [0.29, 0.717) is 6.54 Å². The second-order valence-electron chi connectivity index (χ2n) is 3.67. The SMILES string of the molecule is O=C(NCCc1ccsc1)[C@H]1CCCO1. The average molecular weight is 225 g/mol. The van der Waals surface area contributed by atoms with Crippen molar-refractivity contribution in [2.45, 2.75) is 25.4 Å². The molecule has 2 heterocycles. The van der Waals surface area contributed by atoms with E-state index in [1.165, 1.54) is 5.56 Å². The van der Waals surface area contributed by atoms with Crippen molar-refractivity contribution >= 4 is 17.2 Å². The van der Waals surface area contributed by atoms with Crippen molar-refractivity contribution < 1.29 is 9.53 Å². The first-order chi connectivity index (χ1) is 7.36. The van der Waals surface area contributed by atoms with Crippen molar-refractivity contribution in [3.63, 3.8) is 0 Å². The third-order valence-electron chi connectivity index (χ3n) is 2.52. The van der Waals surface area contributed by atoms with Gasteiger partial charge in [-0.2, -0.15) is 11.3 Å². The second-order valence-corrected chi connectivity index (χ2v) is 4.45. The predicted octanol–water partition coefficient (Wildman–Crippen LogP) is 1.59. The Bertz CT molecular complexity index is 304. The van der Waals surface area contributed by atoms with Crippen LogP contribution < -0.4 is 5.32 Å². The lowest BCUT2D eigenvalue weighted by Crippen LogP contribution is -2.35. The highest BCUT2D eigenvalue weighted by Gasteiger charge is 2.22. The lowest BCUT2D eigenvalue weighted by atomic mass is 10.2. The van der Waals surface area contributed by atoms with E-state index in [0.717, 1.165) is 25.9 Å². The van der Waals surface area contributed by atoms with E-state index in [4.69, 9.17) is 4.74 Å². The van der Waals surface area contributed by atoms with Crippen molar-refractivity contribution in [1.29, 1.82) is 0 Å². The van der Waals surface area contributed by atoms with Gasteiger partial charge in [0.15, 0.2) is 0 Å². The zero-order chi connectivity index (χ0) is 10.5. The first-order valence-electron chi connectivity index (χ1n) is 5.26. The van der Waals surface area contributed by atoms with Crippen molar-refractivity contribution in [3.05, 3.63) is 22.4 Å². The Morgan fingerprint density at radius 3 is 3.27 bits per heavy atom. The summed E-state index contributed by atoms with van der Waals surface area (Å²) in [5.74, 6) is 0.0442. The third kappa shape index (κ3) is 3.04. The van der Waals surface area contributed by atoms with Crippen molar-refractivity contribution in [2.24, 2.45) is 0 Å². The maximum Gasteiger partial charge on any atom is 0.249 e. The molecule has 82 valence electrons. The number of amides is 1. The largest absolute Gasteiger partial charge is 0.368 e. The summed E-state index contributed by atoms with van der Waals surface area (Å²) in [4.78, 5) is 11.5. The Balaban J connectivity index is 1.67. The monoisotopic (exact) mass is 225 g/mol. The number of hydrogen-bond donors (Lipinski definition) is 1. The molecule has 0 bridgehead atoms. The molecule has 1 aliphatic rings. The smallest absolute Gasteiger partial charge is 0.249 e. The summed E-state index contributed by atoms with van der Waals surface area (Å²) >= 11 is 1.69. The molecule has 1 fully saturated rings. The van der Waals surface area contributed by atoms with Gasteiger partial charge in [0.2, 0.25) is 5.91 Å². The molecule has 0 spiro atoms. The number of ether oxygens (including phenoxy) is 1. The van der Waals surface area contributed by atoms with Crippen LogP contribution in [0.3, 0.4) is 0 Å². The van der Waals surface area contributed by atoms with Crippen LogP contribution >= 0.6 is 11.3 Å². The van der Waals surface area contributed by atoms with Crippen LogP contribution in [0.1, 0.15) is 18.4 Å². The summed E-state index contributed by atoms with van der Waals surface area (Å²) in [6.07, 6.45) is 2.57. The van der Waals surface area contributed by atoms with Crippen LogP contribution in [0.2, 0.25) is 0 Å². The first kappa shape index (κ1) is 10.6. The Hall–Kier alpha value is -0.870. The molecule has 0 aromatic carbocycles. The molecule has 1 aromatic rings. The van der Waals surface area contributed by atoms with Gasteiger partial charge in [0.25, 0.3) is 0 Å². The number of hydrogen-bond acceptors (Lipinski definition) is 3. The van der Waals surface area contributed by atoms with Crippen LogP contribution in [0.25, 0.3) is 0 Å². The van der Waals surface area contributed by atoms with E-state index in [2.05, 4.69) is 22.1 Å². The summed E-state index contributed by atoms with van der Waals surface area (Å²) in [5, 5.41) is 7.07. The van der Waals surface area contributed by atoms with Gasteiger partial charge in [0, 0.05) is 13.2 Å². The molecule has 15 heavy (non-hydrogen) atoms. The highest BCUT2D eigenvalue weighted by atomic mass is 32.1. The molecule has 2 rings (SSSR count). The third-order valence-corrected chi connectivity index (χ3v) is 3.25. The number of carbonyl (C=O) groups excluding carboxylic acids is 1. The lowest BCUT2D eigenvalue weighted by Gasteiger charge is -2.09. The Kier molecular flexibility index (Phi) is 3.75. The quantitative estimate of drug-likeness (QED) is 0.845. The number of nitrogens with one attached hydrogen (secondary N) is 1. The minimum Gasteiger partial charge on any atom is -0.368 e. The molecular weight excluding hydrogens is 210 g/mol. The molecule has 0 radical (unpaired) electrons. The molecule has 1 amide bonds. The van der Waals surface area contributed by atoms with Gasteiger partial charge in [0.1, 0.15) is 6.10 Å². The van der Waals surface area contributed by atoms with E-state index in [1.54, 1.807) is 11.3 Å². The summed E-state index contributed by atoms with van der Waals surface area (Å²) in [6, 6.07) is 2.09. The van der Waals surface area contributed by atoms with Crippen LogP contribution in [0, 0.1) is 0 Å². The van der Waals surface area contributed by atoms with E-state index in [1.807, 2.05) is 0 Å². The van der Waals surface area contributed by atoms with E-state index in [-0.39, 0.29) is 12.0 Å². The predicted molar refractivity (Wildman–Crippen MR) is 60.0 cm³/mol. The van der Waals surface area contributed by atoms with Crippen molar-refractivity contribution in [3.8, 4) is 0 Å². The molecule has 1 atom stereocenters. The fourth-order valence-corrected chi connectivity index (χ4v) is 2.37. The van der Waals surface area contributed by atoms with Gasteiger partial charge < -0.3 is 10.1 Å². The molecule has 4 heteroatoms. The maximum absolute atomic E-state index is 11.5. The minimum absolute atomic E-state index is 0.0442. The number of thiophene rings is 1. The molecule has 1 aromatic heterocycles. The molecule has 3 nitrogen and oxygen atoms in total. The van der Waals surface area contributed by atoms with Crippen molar-refractivity contribution in [1.82, 2.24) is 5.32 Å². The fraction of sp³-hybridized carbons (Fsp3) is 0.545. The molecule has 1 aliphatic heterocycles. The molecular formula is C11H15NO2S. The Morgan fingerprint density at radius 1 is 1.67 bits per heavy atom. The summed E-state index contributed by atoms with van der Waals surface area (Å²) in [7, 11) is 0. The minimum atomic E-state index is -0.201. The zero-order valence-electron chi connectivity index (χ0n) is 8.57. The van der Waals surface area contributed by atoms with E-state index < -0.39 is 0 Å². The molecule has 1 saturated heterocycles. The highest BCUT2D eigenvalue weighted by Crippen LogP contribution is 2.11. The van der Waals surface area contributed by atoms with Gasteiger partial charge in [-0.15, -0.1) is 0 Å². The highest BCUT2D eigenvalue weighted by molar-refractivity contribution is 7.07. The molecule has 0 saturated carbocycles. The lowest BCUT2D eigenvalue weighted by molar-refractivity contribution is -0.129. The van der Waals surface area contributed by atoms with E-state index in [9.17, 15) is 4.79 Å². The van der Waals surface area contributed by atoms with Gasteiger partial charge in [-0.1, -0.05) is 0 Å². The number of rotatable bonds is 4. The first-order valence-corrected chi connectivity index (χ1v) is 6.21. The Morgan fingerprint density at radius 2 is 2.60 bits per heavy atom. The van der Waals surface area contributed by atoms with Crippen LogP contribution in [0.4, 0.5) is 0 Å². The van der Waals surface area contributed by atoms with Gasteiger partial charge in [0.05, 0.1) is 0 Å². The topological polar surface area (TPSA) is 38.3 Å². The van der Waals surface area contributed by atoms with Crippen LogP contribution in [0.5, 0.6) is 0 Å². The van der Waals surface area contributed by atoms with Gasteiger partial charge in [-0.05, 0) is 41.7 Å². The number of carbonyl (C=O) groups is 1. The average Bonchev–Trinajstić information content (AvgIpc) is 2.90. The summed E-state index contributed by atoms with van der Waals surface area (Å²) < 4.78 is 5.29. The van der Waals surface area contributed by atoms with Crippen LogP contribution in [-0.2, 0) is 16.0 Å². The van der Waals surface area contributed by atoms with Crippen LogP contribution in [0.15, 0.2) is 16.8 Å². The normalized spacial score (nSPS) is 20.4. The van der Waals surface area contributed by atoms with Gasteiger partial charge in [-0.25, -0.2) is 0 Å². The Labute approximate surface area is 93.4 Å². The van der Waals surface area contributed by atoms with Crippen molar-refractivity contribution in [2.75, 3.05) is 13.2 Å². The standard InChI is InChI=1S/C11H15NO2S/c13-11(10-2-1-6-14-10)12-5-3-9-4-7-15-8-9/h4,7-8,10H,1-3,5-6H2,(H,12,13)/t10-/m1/s1. The van der Waals surface area contributed by atoms with E-state index >= 15 is 0 Å². The fourth-order valence-electron chi connectivity index (χ4n) is 1.66. The van der Waals surface area contributed by atoms with Crippen LogP contribution in [-0.4, -0.2) is 25.2 Å². The van der Waals surface area contributed by atoms with Gasteiger partial charge in [-0.3, -0.25) is 4.79 Å². The second kappa shape index (κ2) is 5.28. The van der Waals surface area contributed by atoms with Gasteiger partial charge >= 0.3 is 0 Å². The molecule has 1 N–H and O–H groups in total. The summed E-state index contributed by atoms with van der Waals surface area (Å²) in [6.45, 7) is 1.43. The zero-order valence-corrected chi connectivity index (χ0v) is 9.39. The maximum atomic E-state index is 11.5. The molecule has 0 aliphatic carbocycles.